The molecule has 0 spiro atoms. The summed E-state index contributed by atoms with van der Waals surface area (Å²) in [5.41, 5.74) is 4.44. The number of hydrogen-bond acceptors (Lipinski definition) is 4. The van der Waals surface area contributed by atoms with Crippen LogP contribution in [-0.2, 0) is 10.0 Å². The van der Waals surface area contributed by atoms with Gasteiger partial charge in [0.05, 0.1) is 16.6 Å². The van der Waals surface area contributed by atoms with Gasteiger partial charge in [-0.25, -0.2) is 13.1 Å². The molecule has 0 saturated carbocycles. The summed E-state index contributed by atoms with van der Waals surface area (Å²) in [5, 5.41) is 11.2. The number of benzene rings is 2. The maximum absolute atomic E-state index is 12.8. The molecule has 7 heteroatoms. The number of hydrogen-bond donors (Lipinski definition) is 3. The molecule has 0 aliphatic carbocycles. The number of rotatable bonds is 6. The monoisotopic (exact) mass is 372 g/mol. The molecule has 3 N–H and O–H groups in total. The second-order valence-electron chi connectivity index (χ2n) is 6.77. The van der Waals surface area contributed by atoms with Gasteiger partial charge in [0, 0.05) is 23.7 Å². The zero-order chi connectivity index (χ0) is 18.9. The minimum Gasteiger partial charge on any atom is -0.383 e. The molecule has 1 heterocycles. The number of anilines is 1. The number of H-pyrrole nitrogens is 1. The van der Waals surface area contributed by atoms with E-state index in [9.17, 15) is 8.42 Å². The Balaban J connectivity index is 1.73. The van der Waals surface area contributed by atoms with Gasteiger partial charge in [-0.2, -0.15) is 5.10 Å². The Bertz CT molecular complexity index is 1020. The molecule has 1 atom stereocenters. The van der Waals surface area contributed by atoms with Gasteiger partial charge in [0.25, 0.3) is 0 Å². The third kappa shape index (κ3) is 3.73. The predicted octanol–water partition coefficient (Wildman–Crippen LogP) is 3.27. The Morgan fingerprint density at radius 3 is 2.54 bits per heavy atom. The summed E-state index contributed by atoms with van der Waals surface area (Å²) in [6.45, 7) is 7.94. The Labute approximate surface area is 154 Å². The fraction of sp³-hybridized carbons (Fsp3) is 0.316. The number of nitrogens with zero attached hydrogens (tertiary/aromatic N) is 1. The van der Waals surface area contributed by atoms with E-state index in [4.69, 9.17) is 0 Å². The van der Waals surface area contributed by atoms with Crippen molar-refractivity contribution in [1.82, 2.24) is 14.9 Å². The van der Waals surface area contributed by atoms with Crippen molar-refractivity contribution in [3.05, 3.63) is 53.2 Å². The lowest BCUT2D eigenvalue weighted by molar-refractivity contribution is 0.564. The lowest BCUT2D eigenvalue weighted by Crippen LogP contribution is -2.38. The predicted molar refractivity (Wildman–Crippen MR) is 105 cm³/mol. The number of fused-ring (bicyclic) bond motifs is 1. The SMILES string of the molecule is Cc1cc(C)c(S(=O)(=O)N[C@@H](C)CNc2cccc3[nH]ncc23)c(C)c1. The maximum Gasteiger partial charge on any atom is 0.241 e. The van der Waals surface area contributed by atoms with Gasteiger partial charge in [0.2, 0.25) is 10.0 Å². The molecular weight excluding hydrogens is 348 g/mol. The van der Waals surface area contributed by atoms with Crippen LogP contribution in [0.2, 0.25) is 0 Å². The van der Waals surface area contributed by atoms with Gasteiger partial charge in [0.15, 0.2) is 0 Å². The van der Waals surface area contributed by atoms with E-state index >= 15 is 0 Å². The van der Waals surface area contributed by atoms with Crippen LogP contribution in [0, 0.1) is 20.8 Å². The summed E-state index contributed by atoms with van der Waals surface area (Å²) in [5.74, 6) is 0. The van der Waals surface area contributed by atoms with E-state index in [-0.39, 0.29) is 6.04 Å². The number of aromatic nitrogens is 2. The summed E-state index contributed by atoms with van der Waals surface area (Å²) in [7, 11) is -3.58. The lowest BCUT2D eigenvalue weighted by atomic mass is 10.1. The first-order valence-electron chi connectivity index (χ1n) is 8.54. The van der Waals surface area contributed by atoms with Gasteiger partial charge in [-0.05, 0) is 51.0 Å². The van der Waals surface area contributed by atoms with E-state index in [0.717, 1.165) is 33.3 Å². The minimum atomic E-state index is -3.58. The summed E-state index contributed by atoms with van der Waals surface area (Å²) in [6, 6.07) is 9.34. The van der Waals surface area contributed by atoms with Gasteiger partial charge in [-0.3, -0.25) is 5.10 Å². The Morgan fingerprint density at radius 1 is 1.15 bits per heavy atom. The zero-order valence-corrected chi connectivity index (χ0v) is 16.2. The first-order valence-corrected chi connectivity index (χ1v) is 10.0. The molecule has 0 aliphatic heterocycles. The van der Waals surface area contributed by atoms with E-state index < -0.39 is 10.0 Å². The highest BCUT2D eigenvalue weighted by molar-refractivity contribution is 7.89. The molecule has 6 nitrogen and oxygen atoms in total. The molecule has 0 amide bonds. The highest BCUT2D eigenvalue weighted by Gasteiger charge is 2.22. The smallest absolute Gasteiger partial charge is 0.241 e. The molecule has 138 valence electrons. The quantitative estimate of drug-likeness (QED) is 0.620. The Kier molecular flexibility index (Phi) is 5.02. The number of sulfonamides is 1. The van der Waals surface area contributed by atoms with Crippen molar-refractivity contribution in [2.24, 2.45) is 0 Å². The number of aryl methyl sites for hydroxylation is 3. The van der Waals surface area contributed by atoms with E-state index in [0.29, 0.717) is 11.4 Å². The third-order valence-corrected chi connectivity index (χ3v) is 6.21. The Morgan fingerprint density at radius 2 is 1.85 bits per heavy atom. The van der Waals surface area contributed by atoms with Gasteiger partial charge >= 0.3 is 0 Å². The van der Waals surface area contributed by atoms with Crippen LogP contribution in [0.4, 0.5) is 5.69 Å². The van der Waals surface area contributed by atoms with Gasteiger partial charge < -0.3 is 5.32 Å². The largest absolute Gasteiger partial charge is 0.383 e. The third-order valence-electron chi connectivity index (χ3n) is 4.31. The average Bonchev–Trinajstić information content (AvgIpc) is 3.00. The van der Waals surface area contributed by atoms with Crippen LogP contribution in [0.1, 0.15) is 23.6 Å². The van der Waals surface area contributed by atoms with Crippen LogP contribution >= 0.6 is 0 Å². The topological polar surface area (TPSA) is 86.9 Å². The van der Waals surface area contributed by atoms with Crippen LogP contribution in [0.3, 0.4) is 0 Å². The van der Waals surface area contributed by atoms with Gasteiger partial charge in [-0.15, -0.1) is 0 Å². The van der Waals surface area contributed by atoms with Crippen LogP contribution < -0.4 is 10.0 Å². The molecule has 2 aromatic carbocycles. The summed E-state index contributed by atoms with van der Waals surface area (Å²) in [4.78, 5) is 0.367. The molecule has 1 aromatic heterocycles. The van der Waals surface area contributed by atoms with E-state index in [2.05, 4.69) is 20.2 Å². The van der Waals surface area contributed by atoms with E-state index in [1.54, 1.807) is 6.20 Å². The van der Waals surface area contributed by atoms with Crippen molar-refractivity contribution in [3.8, 4) is 0 Å². The second kappa shape index (κ2) is 7.09. The van der Waals surface area contributed by atoms with Gasteiger partial charge in [0.1, 0.15) is 0 Å². The standard InChI is InChI=1S/C19H24N4O2S/c1-12-8-13(2)19(14(3)9-12)26(24,25)23-15(4)10-20-17-6-5-7-18-16(17)11-21-22-18/h5-9,11,15,20,23H,10H2,1-4H3,(H,21,22)/t15-/m0/s1. The first kappa shape index (κ1) is 18.4. The average molecular weight is 372 g/mol. The lowest BCUT2D eigenvalue weighted by Gasteiger charge is -2.18. The van der Waals surface area contributed by atoms with E-state index in [1.165, 1.54) is 0 Å². The molecule has 0 unspecified atom stereocenters. The van der Waals surface area contributed by atoms with Crippen molar-refractivity contribution in [2.75, 3.05) is 11.9 Å². The van der Waals surface area contributed by atoms with E-state index in [1.807, 2.05) is 58.0 Å². The second-order valence-corrected chi connectivity index (χ2v) is 8.42. The maximum atomic E-state index is 12.8. The van der Waals surface area contributed by atoms with Crippen LogP contribution in [-0.4, -0.2) is 31.2 Å². The first-order chi connectivity index (χ1) is 12.3. The molecule has 0 aliphatic rings. The molecule has 0 fully saturated rings. The fourth-order valence-electron chi connectivity index (χ4n) is 3.34. The summed E-state index contributed by atoms with van der Waals surface area (Å²) < 4.78 is 28.4. The van der Waals surface area contributed by atoms with Crippen molar-refractivity contribution >= 4 is 26.6 Å². The van der Waals surface area contributed by atoms with Crippen molar-refractivity contribution in [1.29, 1.82) is 0 Å². The van der Waals surface area contributed by atoms with Crippen molar-refractivity contribution in [2.45, 2.75) is 38.6 Å². The van der Waals surface area contributed by atoms with Crippen LogP contribution in [0.5, 0.6) is 0 Å². The van der Waals surface area contributed by atoms with Crippen LogP contribution in [0.15, 0.2) is 41.4 Å². The molecule has 0 saturated heterocycles. The summed E-state index contributed by atoms with van der Waals surface area (Å²) in [6.07, 6.45) is 1.76. The molecule has 0 radical (unpaired) electrons. The van der Waals surface area contributed by atoms with Gasteiger partial charge in [-0.1, -0.05) is 23.8 Å². The number of aromatic amines is 1. The molecule has 3 aromatic rings. The number of nitrogens with one attached hydrogen (secondary N) is 3. The highest BCUT2D eigenvalue weighted by atomic mass is 32.2. The summed E-state index contributed by atoms with van der Waals surface area (Å²) >= 11 is 0. The molecule has 26 heavy (non-hydrogen) atoms. The highest BCUT2D eigenvalue weighted by Crippen LogP contribution is 2.23. The minimum absolute atomic E-state index is 0.276. The molecular formula is C19H24N4O2S. The molecule has 0 bridgehead atoms. The van der Waals surface area contributed by atoms with Crippen LogP contribution in [0.25, 0.3) is 10.9 Å². The van der Waals surface area contributed by atoms with Crippen molar-refractivity contribution in [3.63, 3.8) is 0 Å². The van der Waals surface area contributed by atoms with Crippen molar-refractivity contribution < 1.29 is 8.42 Å². The fourth-order valence-corrected chi connectivity index (χ4v) is 5.04. The Hall–Kier alpha value is -2.38. The zero-order valence-electron chi connectivity index (χ0n) is 15.4. The molecule has 3 rings (SSSR count). The normalized spacial score (nSPS) is 13.1.